The fraction of sp³-hybridized carbons (Fsp3) is 0.200. The minimum Gasteiger partial charge on any atom is -0.373 e. The number of fused-ring (bicyclic) bond motifs is 1. The van der Waals surface area contributed by atoms with Gasteiger partial charge in [0, 0.05) is 36.1 Å². The lowest BCUT2D eigenvalue weighted by Crippen LogP contribution is -2.23. The molecule has 35 heavy (non-hydrogen) atoms. The molecule has 0 amide bonds. The molecule has 0 saturated heterocycles. The molecule has 0 unspecified atom stereocenters. The first-order chi connectivity index (χ1) is 17.1. The maximum absolute atomic E-state index is 13.4. The van der Waals surface area contributed by atoms with Crippen LogP contribution < -0.4 is 10.9 Å². The summed E-state index contributed by atoms with van der Waals surface area (Å²) in [5.41, 5.74) is 6.44. The largest absolute Gasteiger partial charge is 0.373 e. The predicted octanol–water partition coefficient (Wildman–Crippen LogP) is 3.16. The van der Waals surface area contributed by atoms with Crippen molar-refractivity contribution < 1.29 is 0 Å². The molecule has 5 aromatic rings. The van der Waals surface area contributed by atoms with Crippen molar-refractivity contribution in [2.45, 2.75) is 25.8 Å². The summed E-state index contributed by atoms with van der Waals surface area (Å²) in [5.74, 6) is 1.58. The van der Waals surface area contributed by atoms with Gasteiger partial charge in [0.2, 0.25) is 0 Å². The van der Waals surface area contributed by atoms with E-state index < -0.39 is 0 Å². The van der Waals surface area contributed by atoms with Gasteiger partial charge in [0.05, 0.1) is 23.6 Å². The maximum Gasteiger partial charge on any atom is 0.252 e. The Bertz CT molecular complexity index is 1570. The van der Waals surface area contributed by atoms with Crippen molar-refractivity contribution in [3.05, 3.63) is 88.6 Å². The van der Waals surface area contributed by atoms with Crippen LogP contribution in [-0.4, -0.2) is 46.8 Å². The molecule has 10 heteroatoms. The Morgan fingerprint density at radius 2 is 1.97 bits per heavy atom. The van der Waals surface area contributed by atoms with E-state index in [0.717, 1.165) is 63.8 Å². The molecular weight excluding hydrogens is 442 g/mol. The van der Waals surface area contributed by atoms with Gasteiger partial charge in [-0.25, -0.2) is 9.97 Å². The van der Waals surface area contributed by atoms with Crippen LogP contribution in [0.15, 0.2) is 66.0 Å². The highest BCUT2D eigenvalue weighted by Gasteiger charge is 2.28. The second-order valence-electron chi connectivity index (χ2n) is 8.64. The Hall–Kier alpha value is -4.60. The van der Waals surface area contributed by atoms with Gasteiger partial charge in [-0.05, 0) is 66.1 Å². The number of hydrogen-bond donors (Lipinski definition) is 2. The summed E-state index contributed by atoms with van der Waals surface area (Å²) in [5, 5.41) is 14.6. The van der Waals surface area contributed by atoms with Crippen molar-refractivity contribution in [3.63, 3.8) is 0 Å². The zero-order valence-corrected chi connectivity index (χ0v) is 19.3. The molecule has 0 aliphatic carbocycles. The van der Waals surface area contributed by atoms with Crippen LogP contribution in [0.1, 0.15) is 29.5 Å². The number of anilines is 1. The topological polar surface area (TPSA) is 119 Å². The third kappa shape index (κ3) is 3.68. The lowest BCUT2D eigenvalue weighted by Gasteiger charge is -2.15. The van der Waals surface area contributed by atoms with Crippen molar-refractivity contribution in [1.29, 1.82) is 0 Å². The standard InChI is InChI=1S/C25H23N9O/c1-15-3-6-21(33-14-29-31-32-33)19(9-15)17-10-18-5-7-22(34(18)24(35)11-17)25-28-13-20(30-25)16-4-8-23(26-2)27-12-16/h3-4,6,8-14,22H,5,7H2,1-2H3,(H,26,27)(H,28,30)/t22-/m0/s1. The first-order valence-electron chi connectivity index (χ1n) is 11.4. The van der Waals surface area contributed by atoms with E-state index >= 15 is 0 Å². The van der Waals surface area contributed by atoms with Crippen LogP contribution in [0.4, 0.5) is 5.82 Å². The Labute approximate surface area is 200 Å². The Morgan fingerprint density at radius 3 is 2.74 bits per heavy atom. The summed E-state index contributed by atoms with van der Waals surface area (Å²) in [6, 6.07) is 13.6. The molecule has 0 spiro atoms. The summed E-state index contributed by atoms with van der Waals surface area (Å²) in [6.07, 6.45) is 6.74. The highest BCUT2D eigenvalue weighted by Crippen LogP contribution is 2.33. The minimum absolute atomic E-state index is 0.0536. The second-order valence-corrected chi connectivity index (χ2v) is 8.64. The molecule has 1 aromatic carbocycles. The van der Waals surface area contributed by atoms with E-state index in [1.807, 2.05) is 42.8 Å². The number of aromatic amines is 1. The lowest BCUT2D eigenvalue weighted by molar-refractivity contribution is 0.572. The monoisotopic (exact) mass is 465 g/mol. The molecule has 0 fully saturated rings. The Morgan fingerprint density at radius 1 is 1.06 bits per heavy atom. The van der Waals surface area contributed by atoms with Crippen LogP contribution in [0.3, 0.4) is 0 Å². The summed E-state index contributed by atoms with van der Waals surface area (Å²) >= 11 is 0. The highest BCUT2D eigenvalue weighted by atomic mass is 16.1. The van der Waals surface area contributed by atoms with Gasteiger partial charge in [-0.1, -0.05) is 11.6 Å². The fourth-order valence-electron chi connectivity index (χ4n) is 4.72. The van der Waals surface area contributed by atoms with Crippen LogP contribution in [0.5, 0.6) is 0 Å². The van der Waals surface area contributed by atoms with Gasteiger partial charge < -0.3 is 14.9 Å². The zero-order chi connectivity index (χ0) is 23.9. The minimum atomic E-state index is -0.138. The Kier molecular flexibility index (Phi) is 4.98. The number of rotatable bonds is 5. The molecule has 1 aliphatic heterocycles. The molecule has 0 radical (unpaired) electrons. The van der Waals surface area contributed by atoms with Gasteiger partial charge in [-0.2, -0.15) is 4.68 Å². The molecule has 1 aliphatic rings. The number of tetrazole rings is 1. The molecular formula is C25H23N9O. The molecule has 2 N–H and O–H groups in total. The number of aromatic nitrogens is 8. The fourth-order valence-corrected chi connectivity index (χ4v) is 4.72. The first-order valence-corrected chi connectivity index (χ1v) is 11.4. The van der Waals surface area contributed by atoms with Crippen molar-refractivity contribution in [3.8, 4) is 28.1 Å². The number of pyridine rings is 2. The number of H-pyrrole nitrogens is 1. The van der Waals surface area contributed by atoms with E-state index in [4.69, 9.17) is 0 Å². The van der Waals surface area contributed by atoms with Crippen molar-refractivity contribution in [1.82, 2.24) is 39.7 Å². The predicted molar refractivity (Wildman–Crippen MR) is 131 cm³/mol. The van der Waals surface area contributed by atoms with E-state index in [0.29, 0.717) is 0 Å². The molecule has 174 valence electrons. The van der Waals surface area contributed by atoms with Crippen LogP contribution in [0, 0.1) is 6.92 Å². The van der Waals surface area contributed by atoms with Gasteiger partial charge in [0.25, 0.3) is 5.56 Å². The first kappa shape index (κ1) is 21.0. The molecule has 0 saturated carbocycles. The van der Waals surface area contributed by atoms with E-state index in [-0.39, 0.29) is 11.6 Å². The number of nitrogens with zero attached hydrogens (tertiary/aromatic N) is 7. The van der Waals surface area contributed by atoms with Crippen molar-refractivity contribution in [2.75, 3.05) is 12.4 Å². The average molecular weight is 466 g/mol. The number of benzene rings is 1. The van der Waals surface area contributed by atoms with E-state index in [2.05, 4.69) is 47.9 Å². The molecule has 6 rings (SSSR count). The van der Waals surface area contributed by atoms with Gasteiger partial charge in [0.15, 0.2) is 0 Å². The lowest BCUT2D eigenvalue weighted by atomic mass is 10.0. The molecule has 5 heterocycles. The van der Waals surface area contributed by atoms with Crippen LogP contribution in [-0.2, 0) is 6.42 Å². The molecule has 0 bridgehead atoms. The van der Waals surface area contributed by atoms with Crippen LogP contribution in [0.2, 0.25) is 0 Å². The number of imidazole rings is 1. The zero-order valence-electron chi connectivity index (χ0n) is 19.3. The van der Waals surface area contributed by atoms with E-state index in [9.17, 15) is 4.79 Å². The van der Waals surface area contributed by atoms with Gasteiger partial charge in [-0.3, -0.25) is 4.79 Å². The second kappa shape index (κ2) is 8.32. The summed E-state index contributed by atoms with van der Waals surface area (Å²) in [7, 11) is 1.84. The number of nitrogens with one attached hydrogen (secondary N) is 2. The van der Waals surface area contributed by atoms with Gasteiger partial charge >= 0.3 is 0 Å². The van der Waals surface area contributed by atoms with E-state index in [1.54, 1.807) is 29.5 Å². The average Bonchev–Trinajstić information content (AvgIpc) is 3.65. The third-order valence-corrected chi connectivity index (χ3v) is 6.43. The van der Waals surface area contributed by atoms with Crippen LogP contribution in [0.25, 0.3) is 28.1 Å². The number of aryl methyl sites for hydroxylation is 2. The van der Waals surface area contributed by atoms with Crippen molar-refractivity contribution in [2.24, 2.45) is 0 Å². The summed E-state index contributed by atoms with van der Waals surface area (Å²) in [6.45, 7) is 2.03. The van der Waals surface area contributed by atoms with E-state index in [1.165, 1.54) is 0 Å². The summed E-state index contributed by atoms with van der Waals surface area (Å²) < 4.78 is 3.46. The molecule has 4 aromatic heterocycles. The quantitative estimate of drug-likeness (QED) is 0.409. The van der Waals surface area contributed by atoms with Crippen LogP contribution >= 0.6 is 0 Å². The van der Waals surface area contributed by atoms with Gasteiger partial charge in [-0.15, -0.1) is 5.10 Å². The molecule has 10 nitrogen and oxygen atoms in total. The van der Waals surface area contributed by atoms with Crippen molar-refractivity contribution >= 4 is 5.82 Å². The Balaban J connectivity index is 1.37. The normalized spacial score (nSPS) is 14.7. The maximum atomic E-state index is 13.4. The number of hydrogen-bond acceptors (Lipinski definition) is 7. The van der Waals surface area contributed by atoms with Gasteiger partial charge in [0.1, 0.15) is 18.0 Å². The highest BCUT2D eigenvalue weighted by molar-refractivity contribution is 5.73. The summed E-state index contributed by atoms with van der Waals surface area (Å²) in [4.78, 5) is 25.8. The smallest absolute Gasteiger partial charge is 0.252 e. The molecule has 1 atom stereocenters. The third-order valence-electron chi connectivity index (χ3n) is 6.43. The SMILES string of the molecule is CNc1ccc(-c2cnc([C@@H]3CCc4cc(-c5cc(C)ccc5-n5cnnn5)cc(=O)n43)[nH]2)cn1.